The minimum atomic E-state index is -0.411. The first-order chi connectivity index (χ1) is 8.56. The molecule has 0 bridgehead atoms. The summed E-state index contributed by atoms with van der Waals surface area (Å²) in [6.45, 7) is 0. The van der Waals surface area contributed by atoms with Gasteiger partial charge in [0.25, 0.3) is 5.69 Å². The predicted octanol–water partition coefficient (Wildman–Crippen LogP) is 4.86. The number of hydrogen-bond donors (Lipinski definition) is 1. The molecule has 2 rings (SSSR count). The number of benzene rings is 2. The van der Waals surface area contributed by atoms with Gasteiger partial charge in [0.2, 0.25) is 0 Å². The first kappa shape index (κ1) is 13.0. The van der Waals surface area contributed by atoms with Crippen molar-refractivity contribution in [2.45, 2.75) is 0 Å². The summed E-state index contributed by atoms with van der Waals surface area (Å²) in [5, 5.41) is 14.0. The van der Waals surface area contributed by atoms with Gasteiger partial charge in [0.05, 0.1) is 4.92 Å². The first-order valence-corrected chi connectivity index (χ1v) is 6.61. The molecular formula is C12H8Br2N2O2. The van der Waals surface area contributed by atoms with Gasteiger partial charge in [0.15, 0.2) is 0 Å². The molecule has 18 heavy (non-hydrogen) atoms. The Morgan fingerprint density at radius 2 is 1.61 bits per heavy atom. The third-order valence-corrected chi connectivity index (χ3v) is 3.30. The van der Waals surface area contributed by atoms with Crippen molar-refractivity contribution < 1.29 is 4.92 Å². The zero-order valence-corrected chi connectivity index (χ0v) is 12.2. The maximum atomic E-state index is 11.0. The van der Waals surface area contributed by atoms with Crippen LogP contribution in [0.3, 0.4) is 0 Å². The Balaban J connectivity index is 2.34. The molecule has 0 aliphatic carbocycles. The summed E-state index contributed by atoms with van der Waals surface area (Å²) in [5.41, 5.74) is 1.29. The second kappa shape index (κ2) is 5.49. The largest absolute Gasteiger partial charge is 0.350 e. The molecule has 0 aliphatic rings. The van der Waals surface area contributed by atoms with Gasteiger partial charge in [-0.15, -0.1) is 0 Å². The van der Waals surface area contributed by atoms with Gasteiger partial charge in [0, 0.05) is 20.7 Å². The van der Waals surface area contributed by atoms with E-state index in [9.17, 15) is 10.1 Å². The third kappa shape index (κ3) is 3.08. The fourth-order valence-electron chi connectivity index (χ4n) is 1.45. The average molecular weight is 372 g/mol. The SMILES string of the molecule is O=[N+]([O-])c1cc(Br)ccc1Nc1ccc(Br)cc1. The van der Waals surface area contributed by atoms with Crippen LogP contribution in [0.1, 0.15) is 0 Å². The van der Waals surface area contributed by atoms with Crippen molar-refractivity contribution in [2.24, 2.45) is 0 Å². The molecule has 0 fully saturated rings. The summed E-state index contributed by atoms with van der Waals surface area (Å²) in [4.78, 5) is 10.5. The first-order valence-electron chi connectivity index (χ1n) is 5.03. The number of nitrogens with zero attached hydrogens (tertiary/aromatic N) is 1. The molecule has 0 aromatic heterocycles. The monoisotopic (exact) mass is 370 g/mol. The van der Waals surface area contributed by atoms with E-state index >= 15 is 0 Å². The number of halogens is 2. The summed E-state index contributed by atoms with van der Waals surface area (Å²) in [6.07, 6.45) is 0. The Morgan fingerprint density at radius 1 is 1.00 bits per heavy atom. The minimum absolute atomic E-state index is 0.0345. The van der Waals surface area contributed by atoms with Gasteiger partial charge in [-0.25, -0.2) is 0 Å². The second-order valence-electron chi connectivity index (χ2n) is 3.55. The highest BCUT2D eigenvalue weighted by atomic mass is 79.9. The molecule has 0 saturated carbocycles. The van der Waals surface area contributed by atoms with E-state index in [0.29, 0.717) is 10.2 Å². The molecular weight excluding hydrogens is 364 g/mol. The van der Waals surface area contributed by atoms with Crippen molar-refractivity contribution in [3.8, 4) is 0 Å². The molecule has 92 valence electrons. The molecule has 0 atom stereocenters. The Hall–Kier alpha value is -1.40. The van der Waals surface area contributed by atoms with Gasteiger partial charge in [-0.05, 0) is 36.4 Å². The van der Waals surface area contributed by atoms with Crippen LogP contribution in [-0.4, -0.2) is 4.92 Å². The van der Waals surface area contributed by atoms with Gasteiger partial charge in [-0.1, -0.05) is 31.9 Å². The lowest BCUT2D eigenvalue weighted by Crippen LogP contribution is -1.96. The summed E-state index contributed by atoms with van der Waals surface area (Å²) >= 11 is 6.56. The van der Waals surface area contributed by atoms with Crippen molar-refractivity contribution in [3.05, 3.63) is 61.5 Å². The summed E-state index contributed by atoms with van der Waals surface area (Å²) < 4.78 is 1.63. The highest BCUT2D eigenvalue weighted by molar-refractivity contribution is 9.10. The van der Waals surface area contributed by atoms with Crippen LogP contribution in [0.15, 0.2) is 51.4 Å². The van der Waals surface area contributed by atoms with E-state index in [1.165, 1.54) is 6.07 Å². The van der Waals surface area contributed by atoms with Crippen LogP contribution in [0.2, 0.25) is 0 Å². The van der Waals surface area contributed by atoms with E-state index in [-0.39, 0.29) is 5.69 Å². The van der Waals surface area contributed by atoms with Crippen LogP contribution in [0, 0.1) is 10.1 Å². The molecule has 6 heteroatoms. The van der Waals surface area contributed by atoms with E-state index in [0.717, 1.165) is 10.2 Å². The quantitative estimate of drug-likeness (QED) is 0.618. The average Bonchev–Trinajstić information content (AvgIpc) is 2.34. The maximum Gasteiger partial charge on any atom is 0.293 e. The number of nitrogens with one attached hydrogen (secondary N) is 1. The van der Waals surface area contributed by atoms with Crippen molar-refractivity contribution in [3.63, 3.8) is 0 Å². The molecule has 0 radical (unpaired) electrons. The van der Waals surface area contributed by atoms with E-state index < -0.39 is 4.92 Å². The number of hydrogen-bond acceptors (Lipinski definition) is 3. The van der Waals surface area contributed by atoms with Gasteiger partial charge in [-0.3, -0.25) is 10.1 Å². The maximum absolute atomic E-state index is 11.0. The predicted molar refractivity (Wildman–Crippen MR) is 78.2 cm³/mol. The van der Waals surface area contributed by atoms with E-state index in [1.54, 1.807) is 12.1 Å². The number of nitro benzene ring substituents is 1. The van der Waals surface area contributed by atoms with Gasteiger partial charge in [0.1, 0.15) is 5.69 Å². The normalized spacial score (nSPS) is 10.1. The van der Waals surface area contributed by atoms with Gasteiger partial charge < -0.3 is 5.32 Å². The van der Waals surface area contributed by atoms with Crippen LogP contribution in [-0.2, 0) is 0 Å². The molecule has 0 amide bonds. The van der Waals surface area contributed by atoms with Crippen molar-refractivity contribution in [2.75, 3.05) is 5.32 Å². The van der Waals surface area contributed by atoms with Crippen LogP contribution in [0.5, 0.6) is 0 Å². The van der Waals surface area contributed by atoms with Crippen molar-refractivity contribution >= 4 is 48.9 Å². The molecule has 0 heterocycles. The van der Waals surface area contributed by atoms with E-state index in [2.05, 4.69) is 37.2 Å². The standard InChI is InChI=1S/C12H8Br2N2O2/c13-8-1-4-10(5-2-8)15-11-6-3-9(14)7-12(11)16(17)18/h1-7,15H. The van der Waals surface area contributed by atoms with Crippen LogP contribution in [0.4, 0.5) is 17.1 Å². The number of nitro groups is 1. The molecule has 0 spiro atoms. The zero-order valence-electron chi connectivity index (χ0n) is 9.06. The van der Waals surface area contributed by atoms with Crippen molar-refractivity contribution in [1.29, 1.82) is 0 Å². The minimum Gasteiger partial charge on any atom is -0.350 e. The van der Waals surface area contributed by atoms with Crippen molar-refractivity contribution in [1.82, 2.24) is 0 Å². The Bertz CT molecular complexity index is 585. The van der Waals surface area contributed by atoms with Crippen LogP contribution < -0.4 is 5.32 Å². The molecule has 2 aromatic carbocycles. The zero-order chi connectivity index (χ0) is 13.1. The van der Waals surface area contributed by atoms with E-state index in [4.69, 9.17) is 0 Å². The van der Waals surface area contributed by atoms with Crippen LogP contribution >= 0.6 is 31.9 Å². The lowest BCUT2D eigenvalue weighted by molar-refractivity contribution is -0.384. The number of anilines is 2. The summed E-state index contributed by atoms with van der Waals surface area (Å²) in [6, 6.07) is 12.3. The Morgan fingerprint density at radius 3 is 2.22 bits per heavy atom. The fraction of sp³-hybridized carbons (Fsp3) is 0. The smallest absolute Gasteiger partial charge is 0.293 e. The molecule has 4 nitrogen and oxygen atoms in total. The highest BCUT2D eigenvalue weighted by Crippen LogP contribution is 2.30. The second-order valence-corrected chi connectivity index (χ2v) is 5.38. The topological polar surface area (TPSA) is 55.2 Å². The highest BCUT2D eigenvalue weighted by Gasteiger charge is 2.14. The Kier molecular flexibility index (Phi) is 3.98. The molecule has 0 aliphatic heterocycles. The molecule has 0 unspecified atom stereocenters. The van der Waals surface area contributed by atoms with Gasteiger partial charge in [-0.2, -0.15) is 0 Å². The fourth-order valence-corrected chi connectivity index (χ4v) is 2.06. The summed E-state index contributed by atoms with van der Waals surface area (Å²) in [7, 11) is 0. The van der Waals surface area contributed by atoms with Crippen LogP contribution in [0.25, 0.3) is 0 Å². The molecule has 0 saturated heterocycles. The summed E-state index contributed by atoms with van der Waals surface area (Å²) in [5.74, 6) is 0. The van der Waals surface area contributed by atoms with Gasteiger partial charge >= 0.3 is 0 Å². The lowest BCUT2D eigenvalue weighted by atomic mass is 10.2. The molecule has 2 aromatic rings. The number of rotatable bonds is 3. The Labute approximate surface area is 120 Å². The molecule has 1 N–H and O–H groups in total. The third-order valence-electron chi connectivity index (χ3n) is 2.28. The lowest BCUT2D eigenvalue weighted by Gasteiger charge is -2.07. The van der Waals surface area contributed by atoms with E-state index in [1.807, 2.05) is 24.3 Å².